The Morgan fingerprint density at radius 1 is 1.11 bits per heavy atom. The summed E-state index contributed by atoms with van der Waals surface area (Å²) in [5.74, 6) is 1.69. The van der Waals surface area contributed by atoms with Crippen molar-refractivity contribution in [2.45, 2.75) is 0 Å². The lowest BCUT2D eigenvalue weighted by Gasteiger charge is -2.00. The number of hydrogen-bond donors (Lipinski definition) is 2. The van der Waals surface area contributed by atoms with Gasteiger partial charge in [0.1, 0.15) is 11.6 Å². The van der Waals surface area contributed by atoms with Gasteiger partial charge < -0.3 is 15.0 Å². The first-order chi connectivity index (χ1) is 9.30. The second kappa shape index (κ2) is 4.65. The van der Waals surface area contributed by atoms with E-state index in [1.54, 1.807) is 7.11 Å². The minimum atomic E-state index is 0.827. The molecule has 0 amide bonds. The second-order valence-electron chi connectivity index (χ2n) is 4.30. The molecule has 0 spiro atoms. The van der Waals surface area contributed by atoms with Gasteiger partial charge in [-0.1, -0.05) is 0 Å². The lowest BCUT2D eigenvalue weighted by atomic mass is 10.2. The van der Waals surface area contributed by atoms with E-state index in [0.717, 1.165) is 33.9 Å². The van der Waals surface area contributed by atoms with Crippen LogP contribution in [0.3, 0.4) is 0 Å². The largest absolute Gasteiger partial charge is 0.497 e. The summed E-state index contributed by atoms with van der Waals surface area (Å²) in [7, 11) is 3.57. The smallest absolute Gasteiger partial charge is 0.138 e. The standard InChI is InChI=1S/C15H15N3O/c1-16-11-5-3-10(4-6-11)15-17-13-8-7-12(19-2)9-14(13)18-15/h3-9,16H,1-2H3,(H,17,18). The van der Waals surface area contributed by atoms with Crippen molar-refractivity contribution in [1.29, 1.82) is 0 Å². The molecule has 3 rings (SSSR count). The first-order valence-corrected chi connectivity index (χ1v) is 6.12. The number of rotatable bonds is 3. The Hall–Kier alpha value is -2.49. The molecule has 0 fully saturated rings. The molecule has 1 aromatic heterocycles. The molecule has 0 atom stereocenters. The van der Waals surface area contributed by atoms with Crippen LogP contribution in [0.4, 0.5) is 5.69 Å². The summed E-state index contributed by atoms with van der Waals surface area (Å²) in [6.45, 7) is 0. The van der Waals surface area contributed by atoms with Crippen molar-refractivity contribution in [1.82, 2.24) is 9.97 Å². The summed E-state index contributed by atoms with van der Waals surface area (Å²) >= 11 is 0. The number of ether oxygens (including phenoxy) is 1. The van der Waals surface area contributed by atoms with Gasteiger partial charge in [0.15, 0.2) is 0 Å². The Balaban J connectivity index is 2.04. The summed E-state index contributed by atoms with van der Waals surface area (Å²) in [6.07, 6.45) is 0. The second-order valence-corrected chi connectivity index (χ2v) is 4.30. The number of nitrogens with zero attached hydrogens (tertiary/aromatic N) is 1. The Morgan fingerprint density at radius 2 is 1.89 bits per heavy atom. The van der Waals surface area contributed by atoms with Gasteiger partial charge in [0, 0.05) is 24.4 Å². The minimum absolute atomic E-state index is 0.827. The monoisotopic (exact) mass is 253 g/mol. The Labute approximate surface area is 111 Å². The van der Waals surface area contributed by atoms with Crippen LogP contribution in [0.2, 0.25) is 0 Å². The molecular weight excluding hydrogens is 238 g/mol. The molecule has 0 saturated heterocycles. The summed E-state index contributed by atoms with van der Waals surface area (Å²) in [5.41, 5.74) is 4.07. The molecule has 0 radical (unpaired) electrons. The van der Waals surface area contributed by atoms with Crippen molar-refractivity contribution < 1.29 is 4.74 Å². The fourth-order valence-corrected chi connectivity index (χ4v) is 2.05. The number of aromatic amines is 1. The van der Waals surface area contributed by atoms with Crippen molar-refractivity contribution in [2.24, 2.45) is 0 Å². The number of nitrogens with one attached hydrogen (secondary N) is 2. The maximum Gasteiger partial charge on any atom is 0.138 e. The maximum atomic E-state index is 5.21. The summed E-state index contributed by atoms with van der Waals surface area (Å²) in [4.78, 5) is 7.89. The normalized spacial score (nSPS) is 10.6. The average molecular weight is 253 g/mol. The summed E-state index contributed by atoms with van der Waals surface area (Å²) in [6, 6.07) is 14.0. The molecule has 0 aliphatic rings. The maximum absolute atomic E-state index is 5.21. The fourth-order valence-electron chi connectivity index (χ4n) is 2.05. The highest BCUT2D eigenvalue weighted by molar-refractivity contribution is 5.80. The van der Waals surface area contributed by atoms with Crippen molar-refractivity contribution >= 4 is 16.7 Å². The summed E-state index contributed by atoms with van der Waals surface area (Å²) in [5, 5.41) is 3.10. The van der Waals surface area contributed by atoms with E-state index in [-0.39, 0.29) is 0 Å². The average Bonchev–Trinajstić information content (AvgIpc) is 2.90. The van der Waals surface area contributed by atoms with E-state index in [0.29, 0.717) is 0 Å². The van der Waals surface area contributed by atoms with E-state index in [2.05, 4.69) is 15.3 Å². The van der Waals surface area contributed by atoms with Crippen LogP contribution >= 0.6 is 0 Å². The van der Waals surface area contributed by atoms with Gasteiger partial charge in [-0.2, -0.15) is 0 Å². The number of H-pyrrole nitrogens is 1. The lowest BCUT2D eigenvalue weighted by Crippen LogP contribution is -1.87. The quantitative estimate of drug-likeness (QED) is 0.753. The molecule has 4 heteroatoms. The Kier molecular flexibility index (Phi) is 2.83. The van der Waals surface area contributed by atoms with E-state index in [1.165, 1.54) is 0 Å². The number of hydrogen-bond acceptors (Lipinski definition) is 3. The van der Waals surface area contributed by atoms with E-state index in [1.807, 2.05) is 49.5 Å². The van der Waals surface area contributed by atoms with Gasteiger partial charge in [0.2, 0.25) is 0 Å². The minimum Gasteiger partial charge on any atom is -0.497 e. The van der Waals surface area contributed by atoms with Gasteiger partial charge in [-0.25, -0.2) is 4.98 Å². The van der Waals surface area contributed by atoms with Gasteiger partial charge >= 0.3 is 0 Å². The summed E-state index contributed by atoms with van der Waals surface area (Å²) < 4.78 is 5.21. The SMILES string of the molecule is CNc1ccc(-c2nc3ccc(OC)cc3[nH]2)cc1. The van der Waals surface area contributed by atoms with Crippen LogP contribution in [0, 0.1) is 0 Å². The molecule has 19 heavy (non-hydrogen) atoms. The van der Waals surface area contributed by atoms with Gasteiger partial charge in [0.25, 0.3) is 0 Å². The molecule has 0 aliphatic carbocycles. The topological polar surface area (TPSA) is 49.9 Å². The van der Waals surface area contributed by atoms with Crippen molar-refractivity contribution in [3.63, 3.8) is 0 Å². The first-order valence-electron chi connectivity index (χ1n) is 6.12. The fraction of sp³-hybridized carbons (Fsp3) is 0.133. The van der Waals surface area contributed by atoms with E-state index in [9.17, 15) is 0 Å². The number of benzene rings is 2. The van der Waals surface area contributed by atoms with Crippen LogP contribution in [0.1, 0.15) is 0 Å². The van der Waals surface area contributed by atoms with Crippen LogP contribution in [0.15, 0.2) is 42.5 Å². The molecule has 0 saturated carbocycles. The zero-order chi connectivity index (χ0) is 13.2. The van der Waals surface area contributed by atoms with Crippen molar-refractivity contribution in [3.05, 3.63) is 42.5 Å². The molecule has 0 bridgehead atoms. The van der Waals surface area contributed by atoms with Crippen LogP contribution < -0.4 is 10.1 Å². The molecule has 2 N–H and O–H groups in total. The van der Waals surface area contributed by atoms with Crippen LogP contribution in [-0.4, -0.2) is 24.1 Å². The number of imidazole rings is 1. The lowest BCUT2D eigenvalue weighted by molar-refractivity contribution is 0.415. The first kappa shape index (κ1) is 11.6. The third-order valence-electron chi connectivity index (χ3n) is 3.14. The Bertz CT molecular complexity index is 701. The molecule has 1 heterocycles. The predicted molar refractivity (Wildman–Crippen MR) is 77.6 cm³/mol. The number of fused-ring (bicyclic) bond motifs is 1. The highest BCUT2D eigenvalue weighted by atomic mass is 16.5. The molecule has 2 aromatic carbocycles. The van der Waals surface area contributed by atoms with Gasteiger partial charge in [-0.05, 0) is 36.4 Å². The molecule has 3 aromatic rings. The number of aromatic nitrogens is 2. The Morgan fingerprint density at radius 3 is 2.58 bits per heavy atom. The molecule has 96 valence electrons. The van der Waals surface area contributed by atoms with E-state index >= 15 is 0 Å². The third kappa shape index (κ3) is 2.12. The van der Waals surface area contributed by atoms with Crippen LogP contribution in [0.5, 0.6) is 5.75 Å². The molecule has 0 aliphatic heterocycles. The van der Waals surface area contributed by atoms with E-state index in [4.69, 9.17) is 4.74 Å². The molecule has 0 unspecified atom stereocenters. The van der Waals surface area contributed by atoms with E-state index < -0.39 is 0 Å². The molecule has 4 nitrogen and oxygen atoms in total. The van der Waals surface area contributed by atoms with Crippen molar-refractivity contribution in [3.8, 4) is 17.1 Å². The highest BCUT2D eigenvalue weighted by Crippen LogP contribution is 2.24. The zero-order valence-corrected chi connectivity index (χ0v) is 10.9. The number of anilines is 1. The van der Waals surface area contributed by atoms with Gasteiger partial charge in [0.05, 0.1) is 18.1 Å². The van der Waals surface area contributed by atoms with Gasteiger partial charge in [-0.3, -0.25) is 0 Å². The van der Waals surface area contributed by atoms with Gasteiger partial charge in [-0.15, -0.1) is 0 Å². The van der Waals surface area contributed by atoms with Crippen molar-refractivity contribution in [2.75, 3.05) is 19.5 Å². The highest BCUT2D eigenvalue weighted by Gasteiger charge is 2.06. The van der Waals surface area contributed by atoms with Crippen LogP contribution in [-0.2, 0) is 0 Å². The zero-order valence-electron chi connectivity index (χ0n) is 10.9. The van der Waals surface area contributed by atoms with Crippen LogP contribution in [0.25, 0.3) is 22.4 Å². The number of methoxy groups -OCH3 is 1. The molecular formula is C15H15N3O. The third-order valence-corrected chi connectivity index (χ3v) is 3.14. The predicted octanol–water partition coefficient (Wildman–Crippen LogP) is 3.28.